The summed E-state index contributed by atoms with van der Waals surface area (Å²) in [6, 6.07) is 8.20. The second-order valence-electron chi connectivity index (χ2n) is 4.36. The van der Waals surface area contributed by atoms with Gasteiger partial charge < -0.3 is 4.81 Å². The third-order valence-corrected chi connectivity index (χ3v) is 3.36. The molecule has 2 heterocycles. The average molecular weight is 221 g/mol. The van der Waals surface area contributed by atoms with Crippen LogP contribution in [0.4, 0.5) is 5.69 Å². The van der Waals surface area contributed by atoms with Crippen LogP contribution in [0.3, 0.4) is 0 Å². The average Bonchev–Trinajstić information content (AvgIpc) is 2.86. The number of anilines is 1. The van der Waals surface area contributed by atoms with Crippen LogP contribution in [0.2, 0.25) is 6.32 Å². The molecule has 0 amide bonds. The molecule has 1 aromatic carbocycles. The quantitative estimate of drug-likeness (QED) is 0.694. The van der Waals surface area contributed by atoms with Crippen LogP contribution in [0.1, 0.15) is 6.42 Å². The molecule has 1 aliphatic heterocycles. The van der Waals surface area contributed by atoms with Crippen LogP contribution in [0.15, 0.2) is 36.7 Å². The van der Waals surface area contributed by atoms with Crippen molar-refractivity contribution >= 4 is 23.3 Å². The van der Waals surface area contributed by atoms with Gasteiger partial charge in [0.2, 0.25) is 0 Å². The molecule has 0 N–H and O–H groups in total. The summed E-state index contributed by atoms with van der Waals surface area (Å²) < 4.78 is 0. The number of rotatable bonds is 1. The molecule has 17 heavy (non-hydrogen) atoms. The van der Waals surface area contributed by atoms with E-state index in [9.17, 15) is 0 Å². The Morgan fingerprint density at radius 1 is 1.29 bits per heavy atom. The van der Waals surface area contributed by atoms with Gasteiger partial charge >= 0.3 is 6.85 Å². The zero-order chi connectivity index (χ0) is 11.7. The van der Waals surface area contributed by atoms with Gasteiger partial charge in [-0.3, -0.25) is 4.98 Å². The first kappa shape index (κ1) is 10.2. The van der Waals surface area contributed by atoms with Gasteiger partial charge in [0.05, 0.1) is 5.69 Å². The maximum absolute atomic E-state index is 9.16. The van der Waals surface area contributed by atoms with Crippen molar-refractivity contribution in [3.05, 3.63) is 36.7 Å². The van der Waals surface area contributed by atoms with Gasteiger partial charge in [-0.2, -0.15) is 0 Å². The summed E-state index contributed by atoms with van der Waals surface area (Å²) in [7, 11) is 0. The highest BCUT2D eigenvalue weighted by atomic mass is 15.1. The van der Waals surface area contributed by atoms with Crippen LogP contribution in [-0.4, -0.2) is 18.4 Å². The Morgan fingerprint density at radius 2 is 2.18 bits per heavy atom. The molecule has 1 saturated heterocycles. The maximum Gasteiger partial charge on any atom is 0.378 e. The van der Waals surface area contributed by atoms with Crippen molar-refractivity contribution in [1.29, 1.82) is 5.26 Å². The molecule has 3 rings (SSSR count). The minimum Gasteiger partial charge on any atom is -0.400 e. The summed E-state index contributed by atoms with van der Waals surface area (Å²) in [6.07, 6.45) is 5.79. The fourth-order valence-corrected chi connectivity index (χ4v) is 2.52. The lowest BCUT2D eigenvalue weighted by Crippen LogP contribution is -2.32. The molecule has 1 fully saturated rings. The molecule has 0 saturated carbocycles. The minimum absolute atomic E-state index is 0.00241. The zero-order valence-electron chi connectivity index (χ0n) is 9.50. The number of hydrogen-bond donors (Lipinski definition) is 0. The second kappa shape index (κ2) is 4.10. The van der Waals surface area contributed by atoms with Crippen molar-refractivity contribution in [2.24, 2.45) is 0 Å². The molecular formula is C13H12BN3. The molecule has 1 aromatic heterocycles. The van der Waals surface area contributed by atoms with E-state index in [0.717, 1.165) is 30.4 Å². The van der Waals surface area contributed by atoms with E-state index in [1.165, 1.54) is 5.39 Å². The van der Waals surface area contributed by atoms with E-state index in [2.05, 4.69) is 27.9 Å². The number of fused-ring (bicyclic) bond motifs is 1. The SMILES string of the molecule is N#CB1CCCN1c1cncc2ccccc12. The van der Waals surface area contributed by atoms with Gasteiger partial charge in [0, 0.05) is 35.7 Å². The Labute approximate surface area is 101 Å². The van der Waals surface area contributed by atoms with Gasteiger partial charge in [0.1, 0.15) is 0 Å². The van der Waals surface area contributed by atoms with Crippen LogP contribution >= 0.6 is 0 Å². The minimum atomic E-state index is 0.00241. The predicted octanol–water partition coefficient (Wildman–Crippen LogP) is 2.50. The first-order chi connectivity index (χ1) is 8.40. The molecule has 2 aromatic rings. The Morgan fingerprint density at radius 3 is 3.06 bits per heavy atom. The topological polar surface area (TPSA) is 39.9 Å². The van der Waals surface area contributed by atoms with E-state index in [0.29, 0.717) is 0 Å². The Balaban J connectivity index is 2.14. The summed E-state index contributed by atoms with van der Waals surface area (Å²) in [6.45, 7) is 0.955. The molecule has 1 aliphatic rings. The van der Waals surface area contributed by atoms with Crippen molar-refractivity contribution < 1.29 is 0 Å². The molecule has 0 unspecified atom stereocenters. The molecule has 0 radical (unpaired) electrons. The van der Waals surface area contributed by atoms with Gasteiger partial charge in [-0.05, 0) is 12.7 Å². The van der Waals surface area contributed by atoms with Gasteiger partial charge in [0.15, 0.2) is 0 Å². The standard InChI is InChI=1S/C13H12BN3/c15-10-14-6-3-7-17(14)13-9-16-8-11-4-1-2-5-12(11)13/h1-2,4-5,8-9H,3,6-7H2. The number of pyridine rings is 1. The van der Waals surface area contributed by atoms with E-state index in [4.69, 9.17) is 5.26 Å². The molecule has 82 valence electrons. The summed E-state index contributed by atoms with van der Waals surface area (Å²) in [4.78, 5) is 6.45. The highest BCUT2D eigenvalue weighted by Gasteiger charge is 2.30. The number of nitrogens with zero attached hydrogens (tertiary/aromatic N) is 3. The van der Waals surface area contributed by atoms with Crippen LogP contribution < -0.4 is 4.81 Å². The third-order valence-electron chi connectivity index (χ3n) is 3.36. The van der Waals surface area contributed by atoms with Crippen LogP contribution in [0.5, 0.6) is 0 Å². The van der Waals surface area contributed by atoms with Crippen molar-refractivity contribution in [3.8, 4) is 5.97 Å². The van der Waals surface area contributed by atoms with Crippen molar-refractivity contribution in [2.45, 2.75) is 12.7 Å². The number of aromatic nitrogens is 1. The lowest BCUT2D eigenvalue weighted by Gasteiger charge is -2.21. The van der Waals surface area contributed by atoms with E-state index in [1.54, 1.807) is 0 Å². The summed E-state index contributed by atoms with van der Waals surface area (Å²) in [5.74, 6) is 2.38. The van der Waals surface area contributed by atoms with E-state index >= 15 is 0 Å². The third kappa shape index (κ3) is 1.64. The van der Waals surface area contributed by atoms with Crippen molar-refractivity contribution in [3.63, 3.8) is 0 Å². The maximum atomic E-state index is 9.16. The van der Waals surface area contributed by atoms with Gasteiger partial charge in [0.25, 0.3) is 0 Å². The van der Waals surface area contributed by atoms with E-state index < -0.39 is 0 Å². The van der Waals surface area contributed by atoms with Crippen LogP contribution in [0.25, 0.3) is 10.8 Å². The summed E-state index contributed by atoms with van der Waals surface area (Å²) in [5.41, 5.74) is 1.09. The highest BCUT2D eigenvalue weighted by Crippen LogP contribution is 2.29. The van der Waals surface area contributed by atoms with E-state index in [1.807, 2.05) is 24.5 Å². The highest BCUT2D eigenvalue weighted by molar-refractivity contribution is 6.71. The van der Waals surface area contributed by atoms with E-state index in [-0.39, 0.29) is 6.85 Å². The lowest BCUT2D eigenvalue weighted by molar-refractivity contribution is 0.982. The Hall–Kier alpha value is -2.02. The van der Waals surface area contributed by atoms with Crippen molar-refractivity contribution in [2.75, 3.05) is 11.4 Å². The molecule has 0 aliphatic carbocycles. The zero-order valence-corrected chi connectivity index (χ0v) is 9.50. The first-order valence-electron chi connectivity index (χ1n) is 5.89. The fraction of sp³-hybridized carbons (Fsp3) is 0.231. The van der Waals surface area contributed by atoms with Gasteiger partial charge in [-0.15, -0.1) is 0 Å². The molecule has 3 nitrogen and oxygen atoms in total. The summed E-state index contributed by atoms with van der Waals surface area (Å²) in [5, 5.41) is 11.5. The smallest absolute Gasteiger partial charge is 0.378 e. The number of benzene rings is 1. The first-order valence-corrected chi connectivity index (χ1v) is 5.89. The van der Waals surface area contributed by atoms with Crippen molar-refractivity contribution in [1.82, 2.24) is 4.98 Å². The molecule has 0 spiro atoms. The Kier molecular flexibility index (Phi) is 2.45. The lowest BCUT2D eigenvalue weighted by atomic mass is 9.61. The number of nitriles is 1. The molecular weight excluding hydrogens is 209 g/mol. The van der Waals surface area contributed by atoms with Crippen LogP contribution in [0, 0.1) is 11.2 Å². The van der Waals surface area contributed by atoms with Gasteiger partial charge in [-0.1, -0.05) is 24.3 Å². The molecule has 4 heteroatoms. The second-order valence-corrected chi connectivity index (χ2v) is 4.36. The Bertz CT molecular complexity index is 585. The predicted molar refractivity (Wildman–Crippen MR) is 69.9 cm³/mol. The summed E-state index contributed by atoms with van der Waals surface area (Å²) >= 11 is 0. The van der Waals surface area contributed by atoms with Gasteiger partial charge in [-0.25, -0.2) is 5.26 Å². The monoisotopic (exact) mass is 221 g/mol. The largest absolute Gasteiger partial charge is 0.400 e. The fourth-order valence-electron chi connectivity index (χ4n) is 2.52. The number of hydrogen-bond acceptors (Lipinski definition) is 3. The molecule has 0 bridgehead atoms. The molecule has 0 atom stereocenters. The van der Waals surface area contributed by atoms with Crippen LogP contribution in [-0.2, 0) is 0 Å². The normalized spacial score (nSPS) is 15.2.